The molecule has 0 spiro atoms. The van der Waals surface area contributed by atoms with Crippen LogP contribution in [0.2, 0.25) is 0 Å². The van der Waals surface area contributed by atoms with Crippen LogP contribution < -0.4 is 0 Å². The lowest BCUT2D eigenvalue weighted by molar-refractivity contribution is 0.201. The third-order valence-electron chi connectivity index (χ3n) is 2.98. The number of thiophene rings is 1. The molecule has 1 nitrogen and oxygen atoms in total. The SMILES string of the molecule is CC1c2ccsc2CCN1CCCCl. The average Bonchev–Trinajstić information content (AvgIpc) is 2.66. The molecule has 0 amide bonds. The summed E-state index contributed by atoms with van der Waals surface area (Å²) in [5.41, 5.74) is 1.54. The molecule has 1 unspecified atom stereocenters. The maximum Gasteiger partial charge on any atom is 0.0331 e. The second-order valence-corrected chi connectivity index (χ2v) is 5.18. The quantitative estimate of drug-likeness (QED) is 0.719. The van der Waals surface area contributed by atoms with Gasteiger partial charge >= 0.3 is 0 Å². The zero-order valence-corrected chi connectivity index (χ0v) is 10.1. The van der Waals surface area contributed by atoms with Crippen LogP contribution in [0.4, 0.5) is 0 Å². The molecule has 0 aromatic carbocycles. The molecule has 0 aliphatic carbocycles. The molecule has 14 heavy (non-hydrogen) atoms. The van der Waals surface area contributed by atoms with E-state index in [4.69, 9.17) is 11.6 Å². The lowest BCUT2D eigenvalue weighted by atomic mass is 10.0. The summed E-state index contributed by atoms with van der Waals surface area (Å²) in [5, 5.41) is 2.21. The second kappa shape index (κ2) is 4.65. The zero-order chi connectivity index (χ0) is 9.97. The first-order chi connectivity index (χ1) is 6.83. The molecular weight excluding hydrogens is 214 g/mol. The minimum Gasteiger partial charge on any atom is -0.296 e. The molecule has 1 aliphatic heterocycles. The topological polar surface area (TPSA) is 3.24 Å². The first-order valence-corrected chi connectivity index (χ1v) is 6.60. The van der Waals surface area contributed by atoms with Crippen LogP contribution in [-0.4, -0.2) is 23.9 Å². The Morgan fingerprint density at radius 2 is 2.50 bits per heavy atom. The maximum absolute atomic E-state index is 5.72. The van der Waals surface area contributed by atoms with Gasteiger partial charge in [0.2, 0.25) is 0 Å². The van der Waals surface area contributed by atoms with E-state index in [9.17, 15) is 0 Å². The largest absolute Gasteiger partial charge is 0.296 e. The normalized spacial score (nSPS) is 22.3. The predicted molar refractivity (Wildman–Crippen MR) is 63.3 cm³/mol. The molecule has 3 heteroatoms. The second-order valence-electron chi connectivity index (χ2n) is 3.80. The van der Waals surface area contributed by atoms with E-state index in [1.54, 1.807) is 4.88 Å². The van der Waals surface area contributed by atoms with Crippen LogP contribution in [-0.2, 0) is 6.42 Å². The van der Waals surface area contributed by atoms with E-state index in [1.807, 2.05) is 11.3 Å². The van der Waals surface area contributed by atoms with Crippen LogP contribution in [0.3, 0.4) is 0 Å². The van der Waals surface area contributed by atoms with Crippen LogP contribution in [0, 0.1) is 0 Å². The van der Waals surface area contributed by atoms with E-state index in [2.05, 4.69) is 23.3 Å². The molecule has 1 aliphatic rings. The van der Waals surface area contributed by atoms with Crippen LogP contribution in [0.1, 0.15) is 29.8 Å². The zero-order valence-electron chi connectivity index (χ0n) is 8.50. The molecule has 0 fully saturated rings. The number of alkyl halides is 1. The standard InChI is InChI=1S/C11H16ClNS/c1-9-10-4-8-14-11(10)3-7-13(9)6-2-5-12/h4,8-9H,2-3,5-7H2,1H3. The Morgan fingerprint density at radius 1 is 1.64 bits per heavy atom. The van der Waals surface area contributed by atoms with Gasteiger partial charge in [-0.05, 0) is 43.3 Å². The van der Waals surface area contributed by atoms with Gasteiger partial charge in [0.1, 0.15) is 0 Å². The molecule has 1 aromatic rings. The van der Waals surface area contributed by atoms with Crippen LogP contribution in [0.25, 0.3) is 0 Å². The van der Waals surface area contributed by atoms with Crippen LogP contribution >= 0.6 is 22.9 Å². The predicted octanol–water partition coefficient (Wildman–Crippen LogP) is 3.30. The molecular formula is C11H16ClNS. The molecule has 0 radical (unpaired) electrons. The highest BCUT2D eigenvalue weighted by molar-refractivity contribution is 7.10. The highest BCUT2D eigenvalue weighted by Crippen LogP contribution is 2.32. The first-order valence-electron chi connectivity index (χ1n) is 5.19. The summed E-state index contributed by atoms with van der Waals surface area (Å²) in [5.74, 6) is 0.777. The van der Waals surface area contributed by atoms with Crippen molar-refractivity contribution < 1.29 is 0 Å². The van der Waals surface area contributed by atoms with Crippen LogP contribution in [0.15, 0.2) is 11.4 Å². The number of hydrogen-bond donors (Lipinski definition) is 0. The van der Waals surface area contributed by atoms with Gasteiger partial charge in [-0.25, -0.2) is 0 Å². The monoisotopic (exact) mass is 229 g/mol. The van der Waals surface area contributed by atoms with Crippen molar-refractivity contribution in [2.24, 2.45) is 0 Å². The van der Waals surface area contributed by atoms with E-state index in [0.29, 0.717) is 6.04 Å². The Kier molecular flexibility index (Phi) is 3.47. The summed E-state index contributed by atoms with van der Waals surface area (Å²) in [4.78, 5) is 4.12. The van der Waals surface area contributed by atoms with Crippen molar-refractivity contribution in [3.05, 3.63) is 21.9 Å². The Hall–Kier alpha value is -0.0500. The maximum atomic E-state index is 5.72. The van der Waals surface area contributed by atoms with Gasteiger partial charge in [-0.1, -0.05) is 0 Å². The molecule has 1 aromatic heterocycles. The number of rotatable bonds is 3. The van der Waals surface area contributed by atoms with Crippen molar-refractivity contribution in [1.82, 2.24) is 4.90 Å². The molecule has 0 saturated carbocycles. The summed E-state index contributed by atoms with van der Waals surface area (Å²) in [6, 6.07) is 2.87. The fraction of sp³-hybridized carbons (Fsp3) is 0.636. The van der Waals surface area contributed by atoms with Gasteiger partial charge < -0.3 is 0 Å². The van der Waals surface area contributed by atoms with E-state index >= 15 is 0 Å². The molecule has 1 atom stereocenters. The van der Waals surface area contributed by atoms with Crippen LogP contribution in [0.5, 0.6) is 0 Å². The van der Waals surface area contributed by atoms with Gasteiger partial charge in [0.05, 0.1) is 0 Å². The van der Waals surface area contributed by atoms with Gasteiger partial charge in [-0.15, -0.1) is 22.9 Å². The first kappa shape index (κ1) is 10.5. The van der Waals surface area contributed by atoms with Crippen molar-refractivity contribution in [3.63, 3.8) is 0 Å². The molecule has 78 valence electrons. The number of fused-ring (bicyclic) bond motifs is 1. The molecule has 0 saturated heterocycles. The minimum absolute atomic E-state index is 0.591. The summed E-state index contributed by atoms with van der Waals surface area (Å²) < 4.78 is 0. The average molecular weight is 230 g/mol. The summed E-state index contributed by atoms with van der Waals surface area (Å²) in [6.07, 6.45) is 2.32. The Bertz CT molecular complexity index is 297. The lowest BCUT2D eigenvalue weighted by Crippen LogP contribution is -2.34. The molecule has 2 heterocycles. The number of nitrogens with zero attached hydrogens (tertiary/aromatic N) is 1. The van der Waals surface area contributed by atoms with Gasteiger partial charge in [0, 0.05) is 23.3 Å². The van der Waals surface area contributed by atoms with E-state index in [1.165, 1.54) is 18.5 Å². The number of halogens is 1. The lowest BCUT2D eigenvalue weighted by Gasteiger charge is -2.33. The van der Waals surface area contributed by atoms with E-state index in [-0.39, 0.29) is 0 Å². The van der Waals surface area contributed by atoms with Crippen molar-refractivity contribution in [2.45, 2.75) is 25.8 Å². The molecule has 2 rings (SSSR count). The Labute approximate surface area is 94.7 Å². The molecule has 0 bridgehead atoms. The number of hydrogen-bond acceptors (Lipinski definition) is 2. The van der Waals surface area contributed by atoms with Gasteiger partial charge in [0.15, 0.2) is 0 Å². The van der Waals surface area contributed by atoms with Gasteiger partial charge in [-0.2, -0.15) is 0 Å². The third-order valence-corrected chi connectivity index (χ3v) is 4.25. The van der Waals surface area contributed by atoms with Crippen molar-refractivity contribution >= 4 is 22.9 Å². The van der Waals surface area contributed by atoms with Crippen molar-refractivity contribution in [3.8, 4) is 0 Å². The van der Waals surface area contributed by atoms with Crippen molar-refractivity contribution in [1.29, 1.82) is 0 Å². The summed E-state index contributed by atoms with van der Waals surface area (Å²) in [6.45, 7) is 4.64. The summed E-state index contributed by atoms with van der Waals surface area (Å²) in [7, 11) is 0. The highest BCUT2D eigenvalue weighted by atomic mass is 35.5. The highest BCUT2D eigenvalue weighted by Gasteiger charge is 2.23. The van der Waals surface area contributed by atoms with E-state index < -0.39 is 0 Å². The van der Waals surface area contributed by atoms with Gasteiger partial charge in [-0.3, -0.25) is 4.90 Å². The molecule has 0 N–H and O–H groups in total. The van der Waals surface area contributed by atoms with Crippen molar-refractivity contribution in [2.75, 3.05) is 19.0 Å². The fourth-order valence-corrected chi connectivity index (χ4v) is 3.21. The minimum atomic E-state index is 0.591. The summed E-state index contributed by atoms with van der Waals surface area (Å²) >= 11 is 7.63. The fourth-order valence-electron chi connectivity index (χ4n) is 2.13. The Balaban J connectivity index is 2.05. The Morgan fingerprint density at radius 3 is 3.29 bits per heavy atom. The van der Waals surface area contributed by atoms with E-state index in [0.717, 1.165) is 18.8 Å². The smallest absolute Gasteiger partial charge is 0.0331 e. The third kappa shape index (κ3) is 1.97. The van der Waals surface area contributed by atoms with Gasteiger partial charge in [0.25, 0.3) is 0 Å².